The number of hydrogen-bond acceptors (Lipinski definition) is 9. The van der Waals surface area contributed by atoms with Gasteiger partial charge in [0.15, 0.2) is 11.4 Å². The molecule has 234 valence electrons. The van der Waals surface area contributed by atoms with Crippen molar-refractivity contribution in [3.8, 4) is 0 Å². The molecular formula is C34H37N5O5S. The highest BCUT2D eigenvalue weighted by molar-refractivity contribution is 7.99. The monoisotopic (exact) mass is 627 g/mol. The number of rotatable bonds is 13. The van der Waals surface area contributed by atoms with Gasteiger partial charge in [0.25, 0.3) is 0 Å². The fraction of sp³-hybridized carbons (Fsp3) is 0.294. The van der Waals surface area contributed by atoms with Crippen molar-refractivity contribution in [2.75, 3.05) is 22.1 Å². The zero-order valence-electron chi connectivity index (χ0n) is 24.8. The molecule has 0 aliphatic carbocycles. The third-order valence-electron chi connectivity index (χ3n) is 7.31. The molecule has 4 aromatic rings. The fourth-order valence-electron chi connectivity index (χ4n) is 4.89. The number of unbranched alkanes of at least 4 members (excludes halogenated alkanes) is 1. The number of carbonyl (C=O) groups is 2. The van der Waals surface area contributed by atoms with Gasteiger partial charge in [-0.1, -0.05) is 60.3 Å². The Morgan fingerprint density at radius 1 is 0.844 bits per heavy atom. The van der Waals surface area contributed by atoms with E-state index >= 15 is 0 Å². The van der Waals surface area contributed by atoms with Crippen LogP contribution in [-0.2, 0) is 25.7 Å². The number of carbonyl (C=O) groups excluding carboxylic acids is 2. The molecular weight excluding hydrogens is 590 g/mol. The molecule has 1 aliphatic rings. The van der Waals surface area contributed by atoms with Crippen LogP contribution in [0.3, 0.4) is 0 Å². The van der Waals surface area contributed by atoms with E-state index in [0.717, 1.165) is 16.7 Å². The summed E-state index contributed by atoms with van der Waals surface area (Å²) in [5, 5.41) is 15.9. The Morgan fingerprint density at radius 3 is 2.20 bits per heavy atom. The molecule has 1 saturated heterocycles. The van der Waals surface area contributed by atoms with Crippen LogP contribution < -0.4 is 16.4 Å². The quantitative estimate of drug-likeness (QED) is 0.0604. The number of nitrogen functional groups attached to an aromatic ring is 1. The lowest BCUT2D eigenvalue weighted by Crippen LogP contribution is -2.31. The van der Waals surface area contributed by atoms with Crippen molar-refractivity contribution in [1.82, 2.24) is 9.97 Å². The van der Waals surface area contributed by atoms with E-state index in [1.165, 1.54) is 11.8 Å². The number of hydrogen-bond donors (Lipinski definition) is 4. The first-order valence-corrected chi connectivity index (χ1v) is 15.9. The van der Waals surface area contributed by atoms with E-state index in [1.54, 1.807) is 30.6 Å². The minimum absolute atomic E-state index is 0.0153. The molecule has 0 saturated carbocycles. The Morgan fingerprint density at radius 2 is 1.51 bits per heavy atom. The van der Waals surface area contributed by atoms with E-state index < -0.39 is 6.29 Å². The first-order valence-electron chi connectivity index (χ1n) is 14.9. The number of nitrogens with two attached hydrogens (primary N) is 1. The lowest BCUT2D eigenvalue weighted by molar-refractivity contribution is -0.245. The predicted octanol–water partition coefficient (Wildman–Crippen LogP) is 6.03. The van der Waals surface area contributed by atoms with E-state index in [4.69, 9.17) is 15.2 Å². The second-order valence-electron chi connectivity index (χ2n) is 10.7. The highest BCUT2D eigenvalue weighted by atomic mass is 32.2. The Hall–Kier alpha value is -4.29. The average molecular weight is 628 g/mol. The number of aromatic nitrogens is 2. The van der Waals surface area contributed by atoms with Crippen LogP contribution in [0.1, 0.15) is 61.2 Å². The van der Waals surface area contributed by atoms with Gasteiger partial charge in [-0.3, -0.25) is 9.59 Å². The number of para-hydroxylation sites is 2. The van der Waals surface area contributed by atoms with E-state index in [2.05, 4.69) is 20.6 Å². The van der Waals surface area contributed by atoms with E-state index in [-0.39, 0.29) is 30.6 Å². The summed E-state index contributed by atoms with van der Waals surface area (Å²) in [6, 6.07) is 24.1. The van der Waals surface area contributed by atoms with Crippen LogP contribution in [0.4, 0.5) is 17.1 Å². The maximum Gasteiger partial charge on any atom is 0.224 e. The van der Waals surface area contributed by atoms with E-state index in [1.807, 2.05) is 60.7 Å². The van der Waals surface area contributed by atoms with Gasteiger partial charge in [0.1, 0.15) is 0 Å². The van der Waals surface area contributed by atoms with Crippen LogP contribution in [0.2, 0.25) is 0 Å². The molecule has 5 N–H and O–H groups in total. The molecule has 3 unspecified atom stereocenters. The Labute approximate surface area is 266 Å². The van der Waals surface area contributed by atoms with Crippen molar-refractivity contribution in [1.29, 1.82) is 0 Å². The largest absolute Gasteiger partial charge is 0.397 e. The predicted molar refractivity (Wildman–Crippen MR) is 174 cm³/mol. The summed E-state index contributed by atoms with van der Waals surface area (Å²) in [4.78, 5) is 33.4. The molecule has 10 nitrogen and oxygen atoms in total. The smallest absolute Gasteiger partial charge is 0.224 e. The molecule has 0 bridgehead atoms. The minimum atomic E-state index is -0.606. The van der Waals surface area contributed by atoms with Crippen LogP contribution in [0.5, 0.6) is 0 Å². The van der Waals surface area contributed by atoms with Crippen LogP contribution in [-0.4, -0.2) is 38.7 Å². The minimum Gasteiger partial charge on any atom is -0.397 e. The van der Waals surface area contributed by atoms with Crippen molar-refractivity contribution in [2.45, 2.75) is 62.4 Å². The molecule has 0 radical (unpaired) electrons. The summed E-state index contributed by atoms with van der Waals surface area (Å²) in [6.07, 6.45) is 4.95. The number of anilines is 3. The number of ether oxygens (including phenoxy) is 2. The SMILES string of the molecule is Nc1ccccc1NC(=O)CCCCC(=O)Nc1ccc(C2OC(CSc3ncccn3)CC(c3ccc(CO)cc3)O2)cc1. The first-order chi connectivity index (χ1) is 22.0. The van der Waals surface area contributed by atoms with Crippen LogP contribution in [0.15, 0.2) is 96.4 Å². The molecule has 1 fully saturated rings. The number of aliphatic hydroxyl groups is 1. The number of benzene rings is 3. The third kappa shape index (κ3) is 9.60. The number of nitrogens with one attached hydrogen (secondary N) is 2. The molecule has 3 aromatic carbocycles. The van der Waals surface area contributed by atoms with Gasteiger partial charge in [0, 0.05) is 48.7 Å². The van der Waals surface area contributed by atoms with Crippen LogP contribution in [0.25, 0.3) is 0 Å². The maximum absolute atomic E-state index is 12.6. The summed E-state index contributed by atoms with van der Waals surface area (Å²) in [5.41, 5.74) is 10.3. The van der Waals surface area contributed by atoms with Gasteiger partial charge in [-0.2, -0.15) is 0 Å². The summed E-state index contributed by atoms with van der Waals surface area (Å²) in [5.74, 6) is 0.410. The summed E-state index contributed by atoms with van der Waals surface area (Å²) in [7, 11) is 0. The molecule has 2 heterocycles. The second-order valence-corrected chi connectivity index (χ2v) is 11.7. The van der Waals surface area contributed by atoms with Crippen molar-refractivity contribution < 1.29 is 24.2 Å². The van der Waals surface area contributed by atoms with Crippen LogP contribution in [0, 0.1) is 0 Å². The molecule has 11 heteroatoms. The number of aliphatic hydroxyl groups excluding tert-OH is 1. The van der Waals surface area contributed by atoms with Crippen molar-refractivity contribution in [3.05, 3.63) is 108 Å². The number of amides is 2. The lowest BCUT2D eigenvalue weighted by atomic mass is 10.0. The molecule has 0 spiro atoms. The molecule has 2 amide bonds. The lowest BCUT2D eigenvalue weighted by Gasteiger charge is -2.36. The molecule has 45 heavy (non-hydrogen) atoms. The maximum atomic E-state index is 12.6. The van der Waals surface area contributed by atoms with Crippen molar-refractivity contribution >= 4 is 40.6 Å². The van der Waals surface area contributed by atoms with Gasteiger partial charge >= 0.3 is 0 Å². The first kappa shape index (κ1) is 32.1. The summed E-state index contributed by atoms with van der Waals surface area (Å²) < 4.78 is 12.8. The van der Waals surface area contributed by atoms with Gasteiger partial charge in [0.2, 0.25) is 11.8 Å². The Bertz CT molecular complexity index is 1540. The van der Waals surface area contributed by atoms with Gasteiger partial charge in [-0.25, -0.2) is 9.97 Å². The molecule has 5 rings (SSSR count). The summed E-state index contributed by atoms with van der Waals surface area (Å²) in [6.45, 7) is -0.0153. The molecule has 3 atom stereocenters. The highest BCUT2D eigenvalue weighted by Gasteiger charge is 2.32. The second kappa shape index (κ2) is 16.1. The van der Waals surface area contributed by atoms with Gasteiger partial charge < -0.3 is 30.9 Å². The van der Waals surface area contributed by atoms with Gasteiger partial charge in [-0.05, 0) is 54.3 Å². The van der Waals surface area contributed by atoms with Gasteiger partial charge in [-0.15, -0.1) is 0 Å². The average Bonchev–Trinajstić information content (AvgIpc) is 3.07. The zero-order valence-corrected chi connectivity index (χ0v) is 25.6. The van der Waals surface area contributed by atoms with Gasteiger partial charge in [0.05, 0.1) is 30.2 Å². The van der Waals surface area contributed by atoms with E-state index in [9.17, 15) is 14.7 Å². The standard InChI is InChI=1S/C34H37N5O5S/c35-28-6-1-2-7-29(28)39-32(42)9-4-3-8-31(41)38-26-16-14-25(15-17-26)33-43-27(22-45-34-36-18-5-19-37-34)20-30(44-33)24-12-10-23(21-40)11-13-24/h1-2,5-7,10-19,27,30,33,40H,3-4,8-9,20-22,35H2,(H,38,41)(H,39,42). The normalized spacial score (nSPS) is 17.8. The molecule has 1 aromatic heterocycles. The Balaban J connectivity index is 1.13. The summed E-state index contributed by atoms with van der Waals surface area (Å²) >= 11 is 1.54. The fourth-order valence-corrected chi connectivity index (χ4v) is 5.71. The molecule has 1 aliphatic heterocycles. The topological polar surface area (TPSA) is 149 Å². The zero-order chi connectivity index (χ0) is 31.4. The van der Waals surface area contributed by atoms with Crippen LogP contribution >= 0.6 is 11.8 Å². The highest BCUT2D eigenvalue weighted by Crippen LogP contribution is 2.39. The number of thioether (sulfide) groups is 1. The Kier molecular flexibility index (Phi) is 11.5. The van der Waals surface area contributed by atoms with E-state index in [0.29, 0.717) is 60.1 Å². The number of nitrogens with zero attached hydrogens (tertiary/aromatic N) is 2. The van der Waals surface area contributed by atoms with Crippen molar-refractivity contribution in [2.24, 2.45) is 0 Å². The third-order valence-corrected chi connectivity index (χ3v) is 8.32. The van der Waals surface area contributed by atoms with Crippen molar-refractivity contribution in [3.63, 3.8) is 0 Å².